The fourth-order valence-electron chi connectivity index (χ4n) is 2.43. The molecule has 0 aromatic carbocycles. The van der Waals surface area contributed by atoms with Crippen molar-refractivity contribution >= 4 is 33.9 Å². The van der Waals surface area contributed by atoms with Gasteiger partial charge in [0, 0.05) is 6.42 Å². The molecule has 1 atom stereocenters. The van der Waals surface area contributed by atoms with E-state index >= 15 is 0 Å². The van der Waals surface area contributed by atoms with E-state index in [0.29, 0.717) is 18.3 Å². The number of rotatable bonds is 12. The standard InChI is InChI=1S/C17H31NO2S2/c1-3-4-5-6-7-8-9-10-11-12-16(19)20-14-15-13-18-17(21-2)22-15/h15H,3-14H2,1-2H3. The third-order valence-electron chi connectivity index (χ3n) is 3.78. The van der Waals surface area contributed by atoms with Gasteiger partial charge < -0.3 is 4.74 Å². The van der Waals surface area contributed by atoms with Crippen LogP contribution in [0.15, 0.2) is 4.99 Å². The Morgan fingerprint density at radius 2 is 1.82 bits per heavy atom. The zero-order valence-corrected chi connectivity index (χ0v) is 15.8. The Morgan fingerprint density at radius 3 is 2.41 bits per heavy atom. The summed E-state index contributed by atoms with van der Waals surface area (Å²) in [6, 6.07) is 0. The van der Waals surface area contributed by atoms with Crippen molar-refractivity contribution in [2.24, 2.45) is 4.99 Å². The summed E-state index contributed by atoms with van der Waals surface area (Å²) < 4.78 is 6.46. The highest BCUT2D eigenvalue weighted by molar-refractivity contribution is 8.39. The van der Waals surface area contributed by atoms with Gasteiger partial charge in [0.2, 0.25) is 0 Å². The monoisotopic (exact) mass is 345 g/mol. The molecule has 5 heteroatoms. The highest BCUT2D eigenvalue weighted by Gasteiger charge is 2.20. The number of esters is 1. The molecule has 0 aromatic rings. The number of nitrogens with zero attached hydrogens (tertiary/aromatic N) is 1. The Morgan fingerprint density at radius 1 is 1.18 bits per heavy atom. The second-order valence-electron chi connectivity index (χ2n) is 5.81. The van der Waals surface area contributed by atoms with Gasteiger partial charge in [0.1, 0.15) is 11.0 Å². The molecule has 0 aliphatic carbocycles. The van der Waals surface area contributed by atoms with Crippen LogP contribution in [0.4, 0.5) is 0 Å². The van der Waals surface area contributed by atoms with E-state index in [1.54, 1.807) is 23.5 Å². The maximum atomic E-state index is 11.7. The average Bonchev–Trinajstić information content (AvgIpc) is 2.99. The molecule has 1 aliphatic rings. The first-order valence-corrected chi connectivity index (χ1v) is 10.8. The predicted molar refractivity (Wildman–Crippen MR) is 100.0 cm³/mol. The Balaban J connectivity index is 1.86. The summed E-state index contributed by atoms with van der Waals surface area (Å²) in [5.74, 6) is -0.0406. The molecule has 128 valence electrons. The zero-order valence-electron chi connectivity index (χ0n) is 14.1. The molecule has 0 fully saturated rings. The Hall–Kier alpha value is -0.160. The van der Waals surface area contributed by atoms with Crippen molar-refractivity contribution in [2.75, 3.05) is 19.4 Å². The van der Waals surface area contributed by atoms with Crippen LogP contribution >= 0.6 is 23.5 Å². The molecule has 1 aliphatic heterocycles. The first kappa shape index (κ1) is 19.9. The number of ether oxygens (including phenoxy) is 1. The molecule has 1 rings (SSSR count). The summed E-state index contributed by atoms with van der Waals surface area (Å²) in [5, 5.41) is 0.328. The largest absolute Gasteiger partial charge is 0.464 e. The van der Waals surface area contributed by atoms with E-state index in [0.717, 1.165) is 23.8 Å². The smallest absolute Gasteiger partial charge is 0.305 e. The SMILES string of the molecule is CCCCCCCCCCCC(=O)OCC1CN=C(SC)S1. The van der Waals surface area contributed by atoms with Gasteiger partial charge in [-0.1, -0.05) is 70.1 Å². The van der Waals surface area contributed by atoms with Gasteiger partial charge in [-0.2, -0.15) is 0 Å². The Bertz CT molecular complexity index is 335. The molecule has 0 bridgehead atoms. The Labute approximate surface area is 144 Å². The van der Waals surface area contributed by atoms with Gasteiger partial charge in [-0.25, -0.2) is 0 Å². The number of thioether (sulfide) groups is 2. The molecular weight excluding hydrogens is 314 g/mol. The lowest BCUT2D eigenvalue weighted by Gasteiger charge is -2.09. The molecule has 0 saturated heterocycles. The summed E-state index contributed by atoms with van der Waals surface area (Å²) in [4.78, 5) is 16.1. The molecule has 0 radical (unpaired) electrons. The molecule has 22 heavy (non-hydrogen) atoms. The molecular formula is C17H31NO2S2. The molecule has 0 spiro atoms. The number of hydrogen-bond donors (Lipinski definition) is 0. The summed E-state index contributed by atoms with van der Waals surface area (Å²) in [7, 11) is 0. The topological polar surface area (TPSA) is 38.7 Å². The Kier molecular flexibility index (Phi) is 12.0. The van der Waals surface area contributed by atoms with Crippen molar-refractivity contribution in [1.29, 1.82) is 0 Å². The van der Waals surface area contributed by atoms with Crippen LogP contribution < -0.4 is 0 Å². The van der Waals surface area contributed by atoms with Crippen LogP contribution in [0.25, 0.3) is 0 Å². The maximum absolute atomic E-state index is 11.7. The first-order valence-electron chi connectivity index (χ1n) is 8.67. The van der Waals surface area contributed by atoms with Crippen LogP contribution in [0.1, 0.15) is 71.1 Å². The fourth-order valence-corrected chi connectivity index (χ4v) is 4.15. The third-order valence-corrected chi connectivity index (χ3v) is 6.00. The molecule has 0 N–H and O–H groups in total. The number of hydrogen-bond acceptors (Lipinski definition) is 5. The number of aliphatic imine (C=N–C) groups is 1. The van der Waals surface area contributed by atoms with Gasteiger partial charge in [0.25, 0.3) is 0 Å². The van der Waals surface area contributed by atoms with Crippen LogP contribution in [0, 0.1) is 0 Å². The summed E-state index contributed by atoms with van der Waals surface area (Å²) in [5.41, 5.74) is 0. The molecule has 0 saturated carbocycles. The lowest BCUT2D eigenvalue weighted by molar-refractivity contribution is -0.143. The van der Waals surface area contributed by atoms with Crippen LogP contribution in [-0.4, -0.2) is 35.0 Å². The fraction of sp³-hybridized carbons (Fsp3) is 0.882. The summed E-state index contributed by atoms with van der Waals surface area (Å²) in [6.45, 7) is 3.54. The quantitative estimate of drug-likeness (QED) is 0.356. The lowest BCUT2D eigenvalue weighted by Crippen LogP contribution is -2.16. The van der Waals surface area contributed by atoms with Gasteiger partial charge in [0.15, 0.2) is 0 Å². The normalized spacial score (nSPS) is 17.5. The number of carbonyl (C=O) groups is 1. The van der Waals surface area contributed by atoms with Crippen molar-refractivity contribution in [2.45, 2.75) is 76.4 Å². The minimum absolute atomic E-state index is 0.0406. The predicted octanol–water partition coefficient (Wildman–Crippen LogP) is 5.28. The van der Waals surface area contributed by atoms with Crippen LogP contribution in [0.5, 0.6) is 0 Å². The number of carbonyl (C=O) groups excluding carboxylic acids is 1. The van der Waals surface area contributed by atoms with Gasteiger partial charge in [-0.05, 0) is 12.7 Å². The van der Waals surface area contributed by atoms with Crippen LogP contribution in [0.2, 0.25) is 0 Å². The van der Waals surface area contributed by atoms with E-state index in [1.807, 2.05) is 6.26 Å². The molecule has 3 nitrogen and oxygen atoms in total. The van der Waals surface area contributed by atoms with E-state index in [2.05, 4.69) is 11.9 Å². The van der Waals surface area contributed by atoms with Crippen molar-refractivity contribution in [3.8, 4) is 0 Å². The summed E-state index contributed by atoms with van der Waals surface area (Å²) >= 11 is 3.40. The van der Waals surface area contributed by atoms with E-state index in [9.17, 15) is 4.79 Å². The van der Waals surface area contributed by atoms with Crippen molar-refractivity contribution in [1.82, 2.24) is 0 Å². The van der Waals surface area contributed by atoms with Crippen molar-refractivity contribution in [3.05, 3.63) is 0 Å². The first-order chi connectivity index (χ1) is 10.8. The highest BCUT2D eigenvalue weighted by Crippen LogP contribution is 2.26. The molecule has 0 amide bonds. The highest BCUT2D eigenvalue weighted by atomic mass is 32.2. The van der Waals surface area contributed by atoms with E-state index < -0.39 is 0 Å². The third kappa shape index (κ3) is 9.78. The van der Waals surface area contributed by atoms with Crippen LogP contribution in [0.3, 0.4) is 0 Å². The molecule has 1 heterocycles. The van der Waals surface area contributed by atoms with Crippen LogP contribution in [-0.2, 0) is 9.53 Å². The zero-order chi connectivity index (χ0) is 16.0. The van der Waals surface area contributed by atoms with Crippen molar-refractivity contribution < 1.29 is 9.53 Å². The summed E-state index contributed by atoms with van der Waals surface area (Å²) in [6.07, 6.45) is 14.1. The maximum Gasteiger partial charge on any atom is 0.305 e. The van der Waals surface area contributed by atoms with E-state index in [1.165, 1.54) is 44.9 Å². The molecule has 0 aromatic heterocycles. The molecule has 1 unspecified atom stereocenters. The minimum Gasteiger partial charge on any atom is -0.464 e. The van der Waals surface area contributed by atoms with Gasteiger partial charge in [-0.3, -0.25) is 9.79 Å². The average molecular weight is 346 g/mol. The second-order valence-corrected chi connectivity index (χ2v) is 8.15. The lowest BCUT2D eigenvalue weighted by atomic mass is 10.1. The number of unbranched alkanes of at least 4 members (excludes halogenated alkanes) is 8. The van der Waals surface area contributed by atoms with Gasteiger partial charge >= 0.3 is 5.97 Å². The van der Waals surface area contributed by atoms with Gasteiger partial charge in [-0.15, -0.1) is 11.8 Å². The second kappa shape index (κ2) is 13.3. The van der Waals surface area contributed by atoms with E-state index in [-0.39, 0.29) is 5.97 Å². The van der Waals surface area contributed by atoms with E-state index in [4.69, 9.17) is 4.74 Å². The van der Waals surface area contributed by atoms with Gasteiger partial charge in [0.05, 0.1) is 11.8 Å². The minimum atomic E-state index is -0.0406. The van der Waals surface area contributed by atoms with Crippen molar-refractivity contribution in [3.63, 3.8) is 0 Å².